The van der Waals surface area contributed by atoms with Crippen molar-refractivity contribution in [2.24, 2.45) is 0 Å². The first-order chi connectivity index (χ1) is 36.3. The molecule has 2 unspecified atom stereocenters. The van der Waals surface area contributed by atoms with Crippen LogP contribution in [0.5, 0.6) is 0 Å². The molecule has 5 heteroatoms. The highest BCUT2D eigenvalue weighted by Crippen LogP contribution is 2.62. The van der Waals surface area contributed by atoms with E-state index < -0.39 is 0 Å². The van der Waals surface area contributed by atoms with Gasteiger partial charge >= 0.3 is 0 Å². The molecule has 0 saturated heterocycles. The highest BCUT2D eigenvalue weighted by molar-refractivity contribution is 7.00. The van der Waals surface area contributed by atoms with Gasteiger partial charge in [-0.05, 0) is 202 Å². The molecule has 1 fully saturated rings. The number of fused-ring (bicyclic) bond motifs is 12. The smallest absolute Gasteiger partial charge is 0.252 e. The Bertz CT molecular complexity index is 3860. The summed E-state index contributed by atoms with van der Waals surface area (Å²) < 4.78 is 7.04. The van der Waals surface area contributed by atoms with Gasteiger partial charge in [-0.25, -0.2) is 0 Å². The Kier molecular flexibility index (Phi) is 10.1. The van der Waals surface area contributed by atoms with E-state index in [1.54, 1.807) is 0 Å². The molecule has 4 nitrogen and oxygen atoms in total. The van der Waals surface area contributed by atoms with Crippen LogP contribution < -0.4 is 31.1 Å². The molecule has 14 rings (SSSR count). The summed E-state index contributed by atoms with van der Waals surface area (Å²) in [5, 5.41) is 2.31. The van der Waals surface area contributed by atoms with Gasteiger partial charge in [0.2, 0.25) is 0 Å². The molecule has 1 aromatic heterocycles. The van der Waals surface area contributed by atoms with E-state index in [-0.39, 0.29) is 44.7 Å². The quantitative estimate of drug-likeness (QED) is 0.165. The van der Waals surface area contributed by atoms with E-state index >= 15 is 0 Å². The van der Waals surface area contributed by atoms with Crippen LogP contribution in [-0.2, 0) is 32.5 Å². The molecule has 0 amide bonds. The predicted octanol–water partition coefficient (Wildman–Crippen LogP) is 18.0. The third kappa shape index (κ3) is 6.70. The van der Waals surface area contributed by atoms with Crippen LogP contribution in [0.3, 0.4) is 0 Å². The zero-order valence-electron chi connectivity index (χ0n) is 49.0. The lowest BCUT2D eigenvalue weighted by atomic mass is 9.33. The first-order valence-electron chi connectivity index (χ1n) is 29.4. The fraction of sp³-hybridized carbons (Fsp3) is 0.417. The molecule has 3 aliphatic carbocycles. The fourth-order valence-corrected chi connectivity index (χ4v) is 16.3. The maximum Gasteiger partial charge on any atom is 0.252 e. The molecule has 392 valence electrons. The van der Waals surface area contributed by atoms with E-state index in [9.17, 15) is 0 Å². The highest BCUT2D eigenvalue weighted by Gasteiger charge is 2.58. The highest BCUT2D eigenvalue weighted by atomic mass is 16.3. The summed E-state index contributed by atoms with van der Waals surface area (Å²) in [5.74, 6) is 0. The van der Waals surface area contributed by atoms with E-state index in [1.165, 1.54) is 126 Å². The number of hydrogen-bond acceptors (Lipinski definition) is 4. The largest absolute Gasteiger partial charge is 0.454 e. The van der Waals surface area contributed by atoms with Crippen molar-refractivity contribution in [3.05, 3.63) is 160 Å². The fourth-order valence-electron chi connectivity index (χ4n) is 16.3. The SMILES string of the molecule is Cc1cc2c3c(c1)N(c1cccc4c1oc1ccccc14)c1cc4c(cc1B3c1ccc(N3c5ccc(C(C)(C)C)cc5C5(C)CCCCC35C)cc1N2c1cc2c(cc1C)C(C)(C)CCC2(C)C)C(C)(C)CCC4(C)C. The summed E-state index contributed by atoms with van der Waals surface area (Å²) in [6, 6.07) is 46.2. The van der Waals surface area contributed by atoms with Gasteiger partial charge < -0.3 is 19.1 Å². The molecule has 4 heterocycles. The molecule has 7 aromatic carbocycles. The summed E-state index contributed by atoms with van der Waals surface area (Å²) >= 11 is 0. The second kappa shape index (κ2) is 15.8. The molecule has 0 spiro atoms. The van der Waals surface area contributed by atoms with Gasteiger partial charge in [0.05, 0.1) is 11.2 Å². The molecule has 8 aromatic rings. The minimum absolute atomic E-state index is 0.0116. The Morgan fingerprint density at radius 1 is 0.468 bits per heavy atom. The molecular weight excluding hydrogens is 934 g/mol. The number of benzene rings is 7. The third-order valence-electron chi connectivity index (χ3n) is 21.4. The molecule has 3 aliphatic heterocycles. The van der Waals surface area contributed by atoms with Crippen LogP contribution in [0.15, 0.2) is 120 Å². The first-order valence-corrected chi connectivity index (χ1v) is 29.4. The van der Waals surface area contributed by atoms with Gasteiger partial charge in [-0.2, -0.15) is 0 Å². The normalized spacial score (nSPS) is 23.0. The maximum absolute atomic E-state index is 7.04. The summed E-state index contributed by atoms with van der Waals surface area (Å²) in [4.78, 5) is 8.19. The number of rotatable bonds is 3. The molecule has 77 heavy (non-hydrogen) atoms. The number of nitrogens with zero attached hydrogens (tertiary/aromatic N) is 3. The van der Waals surface area contributed by atoms with E-state index in [4.69, 9.17) is 4.42 Å². The number of aryl methyl sites for hydroxylation is 2. The molecule has 1 saturated carbocycles. The summed E-state index contributed by atoms with van der Waals surface area (Å²) in [6.07, 6.45) is 9.52. The lowest BCUT2D eigenvalue weighted by Gasteiger charge is -2.51. The van der Waals surface area contributed by atoms with Crippen molar-refractivity contribution in [3.63, 3.8) is 0 Å². The second-order valence-corrected chi connectivity index (χ2v) is 29.1. The second-order valence-electron chi connectivity index (χ2n) is 29.1. The Hall–Kier alpha value is -6.20. The van der Waals surface area contributed by atoms with Gasteiger partial charge in [-0.3, -0.25) is 0 Å². The van der Waals surface area contributed by atoms with Crippen LogP contribution in [0.4, 0.5) is 45.5 Å². The van der Waals surface area contributed by atoms with E-state index in [2.05, 4.69) is 234 Å². The van der Waals surface area contributed by atoms with Crippen LogP contribution in [0.1, 0.15) is 186 Å². The van der Waals surface area contributed by atoms with Crippen LogP contribution in [-0.4, -0.2) is 12.3 Å². The van der Waals surface area contributed by atoms with Gasteiger partial charge in [0.25, 0.3) is 6.71 Å². The summed E-state index contributed by atoms with van der Waals surface area (Å²) in [5.41, 5.74) is 27.7. The predicted molar refractivity (Wildman–Crippen MR) is 329 cm³/mol. The van der Waals surface area contributed by atoms with Gasteiger partial charge in [-0.15, -0.1) is 0 Å². The maximum atomic E-state index is 7.04. The minimum atomic E-state index is -0.0934. The Labute approximate surface area is 460 Å². The topological polar surface area (TPSA) is 22.9 Å². The van der Waals surface area contributed by atoms with Crippen LogP contribution in [0.25, 0.3) is 21.9 Å². The lowest BCUT2D eigenvalue weighted by molar-refractivity contribution is 0.195. The lowest BCUT2D eigenvalue weighted by Crippen LogP contribution is -2.62. The Morgan fingerprint density at radius 3 is 1.73 bits per heavy atom. The minimum Gasteiger partial charge on any atom is -0.454 e. The summed E-state index contributed by atoms with van der Waals surface area (Å²) in [7, 11) is 0. The Balaban J connectivity index is 1.09. The van der Waals surface area contributed by atoms with E-state index in [0.29, 0.717) is 0 Å². The van der Waals surface area contributed by atoms with Crippen molar-refractivity contribution < 1.29 is 4.42 Å². The van der Waals surface area contributed by atoms with Crippen LogP contribution in [0, 0.1) is 13.8 Å². The number of para-hydroxylation sites is 2. The van der Waals surface area contributed by atoms with Crippen molar-refractivity contribution in [2.75, 3.05) is 14.7 Å². The molecule has 0 radical (unpaired) electrons. The third-order valence-corrected chi connectivity index (χ3v) is 21.4. The van der Waals surface area contributed by atoms with Crippen molar-refractivity contribution in [3.8, 4) is 0 Å². The monoisotopic (exact) mass is 1010 g/mol. The van der Waals surface area contributed by atoms with Crippen LogP contribution >= 0.6 is 0 Å². The number of hydrogen-bond donors (Lipinski definition) is 0. The molecule has 6 aliphatic rings. The average Bonchev–Trinajstić information content (AvgIpc) is 3.95. The summed E-state index contributed by atoms with van der Waals surface area (Å²) in [6.45, 7) is 36.9. The van der Waals surface area contributed by atoms with Gasteiger partial charge in [-0.1, -0.05) is 157 Å². The molecular formula is C72H80BN3O. The number of anilines is 8. The van der Waals surface area contributed by atoms with Crippen LogP contribution in [0.2, 0.25) is 0 Å². The first kappa shape index (κ1) is 49.1. The number of furan rings is 1. The van der Waals surface area contributed by atoms with Crippen molar-refractivity contribution in [1.29, 1.82) is 0 Å². The van der Waals surface area contributed by atoms with Crippen molar-refractivity contribution >= 4 is 90.5 Å². The standard InChI is InChI=1S/C72H80BN3O/c1-43-35-61-64-62(36-43)75(58-41-51-49(37-44(58)2)67(6,7)31-33-69(51,10)11)59-39-46(76-56-28-25-45(66(3,4)5)38-53(56)71(14)29-18-19-30-72(71,76)15)26-27-54(59)73(64)55-40-50-52(70(12,13)34-32-68(50,8)9)42-60(55)74(61)57-23-20-22-48-47-21-16-17-24-63(47)77-65(48)57/h16-17,20-28,35-42H,18-19,29-34H2,1-15H3. The average molecular weight is 1010 g/mol. The zero-order valence-corrected chi connectivity index (χ0v) is 49.0. The van der Waals surface area contributed by atoms with Gasteiger partial charge in [0.1, 0.15) is 5.58 Å². The van der Waals surface area contributed by atoms with E-state index in [0.717, 1.165) is 53.3 Å². The Morgan fingerprint density at radius 2 is 1.05 bits per heavy atom. The van der Waals surface area contributed by atoms with Crippen molar-refractivity contribution in [2.45, 2.75) is 193 Å². The van der Waals surface area contributed by atoms with E-state index in [1.807, 2.05) is 0 Å². The van der Waals surface area contributed by atoms with Gasteiger partial charge in [0.15, 0.2) is 5.58 Å². The molecule has 0 bridgehead atoms. The zero-order chi connectivity index (χ0) is 53.9. The van der Waals surface area contributed by atoms with Gasteiger partial charge in [0, 0.05) is 56.0 Å². The molecule has 2 atom stereocenters. The van der Waals surface area contributed by atoms with Crippen molar-refractivity contribution in [1.82, 2.24) is 0 Å². The molecule has 0 N–H and O–H groups in total.